The maximum Gasteiger partial charge on any atom is 0.344 e. The number of carbonyl (C=O) groups excluding carboxylic acids is 1. The van der Waals surface area contributed by atoms with Gasteiger partial charge in [-0.25, -0.2) is 9.59 Å². The lowest BCUT2D eigenvalue weighted by atomic mass is 10.1. The molecular formula is C21H21NO6. The van der Waals surface area contributed by atoms with E-state index in [-0.39, 0.29) is 6.61 Å². The molecule has 2 N–H and O–H groups in total. The molecule has 28 heavy (non-hydrogen) atoms. The number of rotatable bonds is 8. The zero-order valence-corrected chi connectivity index (χ0v) is 15.4. The highest BCUT2D eigenvalue weighted by molar-refractivity contribution is 6.04. The molecule has 0 saturated carbocycles. The van der Waals surface area contributed by atoms with Crippen molar-refractivity contribution < 1.29 is 23.8 Å². The molecule has 0 bridgehead atoms. The molecule has 0 spiro atoms. The molecule has 146 valence electrons. The highest BCUT2D eigenvalue weighted by Gasteiger charge is 2.19. The summed E-state index contributed by atoms with van der Waals surface area (Å²) in [6.45, 7) is 1.62. The van der Waals surface area contributed by atoms with Crippen LogP contribution in [0, 0.1) is 0 Å². The second-order valence-electron chi connectivity index (χ2n) is 6.48. The molecule has 0 aliphatic carbocycles. The van der Waals surface area contributed by atoms with Gasteiger partial charge in [-0.3, -0.25) is 4.79 Å². The van der Waals surface area contributed by atoms with Gasteiger partial charge in [-0.15, -0.1) is 0 Å². The van der Waals surface area contributed by atoms with E-state index in [4.69, 9.17) is 14.3 Å². The Hall–Kier alpha value is -3.35. The van der Waals surface area contributed by atoms with Crippen LogP contribution in [-0.4, -0.2) is 29.6 Å². The van der Waals surface area contributed by atoms with Crippen LogP contribution in [0.3, 0.4) is 0 Å². The zero-order valence-electron chi connectivity index (χ0n) is 15.4. The Balaban J connectivity index is 1.72. The van der Waals surface area contributed by atoms with E-state index in [0.717, 1.165) is 17.2 Å². The number of nitrogens with one attached hydrogen (secondary N) is 1. The quantitative estimate of drug-likeness (QED) is 0.457. The molecule has 1 atom stereocenters. The Labute approximate surface area is 160 Å². The van der Waals surface area contributed by atoms with Crippen molar-refractivity contribution in [1.82, 2.24) is 5.32 Å². The summed E-state index contributed by atoms with van der Waals surface area (Å²) in [5, 5.41) is 13.7. The van der Waals surface area contributed by atoms with Gasteiger partial charge in [0, 0.05) is 11.5 Å². The van der Waals surface area contributed by atoms with Gasteiger partial charge in [0.15, 0.2) is 6.61 Å². The molecule has 7 nitrogen and oxygen atoms in total. The number of fused-ring (bicyclic) bond motifs is 3. The molecule has 1 amide bonds. The fourth-order valence-electron chi connectivity index (χ4n) is 3.00. The summed E-state index contributed by atoms with van der Waals surface area (Å²) in [6.07, 6.45) is 1.91. The molecule has 1 heterocycles. The first-order chi connectivity index (χ1) is 13.5. The highest BCUT2D eigenvalue weighted by atomic mass is 16.5. The molecule has 2 aromatic carbocycles. The van der Waals surface area contributed by atoms with Crippen molar-refractivity contribution in [1.29, 1.82) is 0 Å². The van der Waals surface area contributed by atoms with E-state index in [1.807, 2.05) is 19.1 Å². The summed E-state index contributed by atoms with van der Waals surface area (Å²) in [5.41, 5.74) is -0.0915. The number of hydrogen-bond donors (Lipinski definition) is 2. The molecule has 3 rings (SSSR count). The van der Waals surface area contributed by atoms with Gasteiger partial charge in [-0.2, -0.15) is 0 Å². The van der Waals surface area contributed by atoms with Crippen molar-refractivity contribution in [3.8, 4) is 5.75 Å². The number of carboxylic acid groups (broad SMARTS) is 1. The molecule has 0 radical (unpaired) electrons. The largest absolute Gasteiger partial charge is 0.484 e. The van der Waals surface area contributed by atoms with Gasteiger partial charge in [0.1, 0.15) is 17.4 Å². The van der Waals surface area contributed by atoms with Gasteiger partial charge >= 0.3 is 11.6 Å². The Morgan fingerprint density at radius 1 is 1.14 bits per heavy atom. The molecule has 3 aromatic rings. The van der Waals surface area contributed by atoms with E-state index >= 15 is 0 Å². The molecule has 7 heteroatoms. The van der Waals surface area contributed by atoms with Crippen LogP contribution in [0.4, 0.5) is 0 Å². The molecule has 0 aliphatic heterocycles. The standard InChI is InChI=1S/C21H21NO6/c1-2-3-8-17(20(24)25)22-19(23)12-27-13-9-10-15-14-6-4-5-7-16(14)21(26)28-18(15)11-13/h4-7,9-11,17H,2-3,8,12H2,1H3,(H,22,23)(H,24,25)/t17-/m1/s1. The van der Waals surface area contributed by atoms with E-state index in [9.17, 15) is 14.4 Å². The summed E-state index contributed by atoms with van der Waals surface area (Å²) in [5.74, 6) is -1.24. The topological polar surface area (TPSA) is 106 Å². The van der Waals surface area contributed by atoms with Crippen LogP contribution >= 0.6 is 0 Å². The van der Waals surface area contributed by atoms with Crippen LogP contribution < -0.4 is 15.7 Å². The Bertz CT molecular complexity index is 1070. The number of ether oxygens (including phenoxy) is 1. The second-order valence-corrected chi connectivity index (χ2v) is 6.48. The first kappa shape index (κ1) is 19.4. The van der Waals surface area contributed by atoms with Crippen LogP contribution in [0.15, 0.2) is 51.7 Å². The van der Waals surface area contributed by atoms with Crippen LogP contribution in [0.2, 0.25) is 0 Å². The van der Waals surface area contributed by atoms with E-state index in [1.165, 1.54) is 0 Å². The lowest BCUT2D eigenvalue weighted by Crippen LogP contribution is -2.42. The van der Waals surface area contributed by atoms with Gasteiger partial charge in [0.25, 0.3) is 5.91 Å². The minimum Gasteiger partial charge on any atom is -0.484 e. The average Bonchev–Trinajstić information content (AvgIpc) is 2.69. The maximum atomic E-state index is 12.1. The summed E-state index contributed by atoms with van der Waals surface area (Å²) in [7, 11) is 0. The molecule has 0 saturated heterocycles. The maximum absolute atomic E-state index is 12.1. The van der Waals surface area contributed by atoms with Crippen molar-refractivity contribution in [3.63, 3.8) is 0 Å². The second kappa shape index (κ2) is 8.56. The minimum atomic E-state index is -1.07. The predicted molar refractivity (Wildman–Crippen MR) is 105 cm³/mol. The molecule has 0 aliphatic rings. The van der Waals surface area contributed by atoms with Crippen molar-refractivity contribution in [3.05, 3.63) is 52.9 Å². The van der Waals surface area contributed by atoms with Crippen LogP contribution in [0.25, 0.3) is 21.7 Å². The summed E-state index contributed by atoms with van der Waals surface area (Å²) < 4.78 is 10.8. The van der Waals surface area contributed by atoms with E-state index in [1.54, 1.807) is 30.3 Å². The third kappa shape index (κ3) is 4.31. The number of unbranched alkanes of at least 4 members (excludes halogenated alkanes) is 1. The summed E-state index contributed by atoms with van der Waals surface area (Å²) in [4.78, 5) is 35.3. The summed E-state index contributed by atoms with van der Waals surface area (Å²) in [6, 6.07) is 11.2. The number of aliphatic carboxylic acids is 1. The molecule has 1 aromatic heterocycles. The number of carbonyl (C=O) groups is 2. The van der Waals surface area contributed by atoms with Gasteiger partial charge in [-0.1, -0.05) is 38.0 Å². The Kier molecular flexibility index (Phi) is 5.93. The Morgan fingerprint density at radius 2 is 1.89 bits per heavy atom. The number of hydrogen-bond acceptors (Lipinski definition) is 5. The van der Waals surface area contributed by atoms with E-state index in [0.29, 0.717) is 29.6 Å². The smallest absolute Gasteiger partial charge is 0.344 e. The lowest BCUT2D eigenvalue weighted by Gasteiger charge is -2.14. The third-order valence-electron chi connectivity index (χ3n) is 4.44. The third-order valence-corrected chi connectivity index (χ3v) is 4.44. The normalized spacial score (nSPS) is 12.0. The first-order valence-electron chi connectivity index (χ1n) is 9.10. The monoisotopic (exact) mass is 383 g/mol. The van der Waals surface area contributed by atoms with Gasteiger partial charge in [0.2, 0.25) is 0 Å². The minimum absolute atomic E-state index is 0.334. The molecule has 0 unspecified atom stereocenters. The van der Waals surface area contributed by atoms with E-state index < -0.39 is 23.5 Å². The average molecular weight is 383 g/mol. The number of amides is 1. The number of carboxylic acids is 1. The van der Waals surface area contributed by atoms with Crippen LogP contribution in [-0.2, 0) is 9.59 Å². The first-order valence-corrected chi connectivity index (χ1v) is 9.10. The van der Waals surface area contributed by atoms with Gasteiger partial charge in [-0.05, 0) is 30.0 Å². The van der Waals surface area contributed by atoms with E-state index in [2.05, 4.69) is 5.32 Å². The molecule has 0 fully saturated rings. The van der Waals surface area contributed by atoms with Crippen LogP contribution in [0.1, 0.15) is 26.2 Å². The summed E-state index contributed by atoms with van der Waals surface area (Å²) >= 11 is 0. The van der Waals surface area contributed by atoms with Crippen molar-refractivity contribution in [2.45, 2.75) is 32.2 Å². The van der Waals surface area contributed by atoms with Crippen molar-refractivity contribution in [2.75, 3.05) is 6.61 Å². The fraction of sp³-hybridized carbons (Fsp3) is 0.286. The molecular weight excluding hydrogens is 362 g/mol. The fourth-order valence-corrected chi connectivity index (χ4v) is 3.00. The Morgan fingerprint density at radius 3 is 2.61 bits per heavy atom. The highest BCUT2D eigenvalue weighted by Crippen LogP contribution is 2.26. The predicted octanol–water partition coefficient (Wildman–Crippen LogP) is 3.08. The zero-order chi connectivity index (χ0) is 20.1. The van der Waals surface area contributed by atoms with Crippen molar-refractivity contribution >= 4 is 33.6 Å². The van der Waals surface area contributed by atoms with Gasteiger partial charge in [0.05, 0.1) is 5.39 Å². The van der Waals surface area contributed by atoms with Crippen LogP contribution in [0.5, 0.6) is 5.75 Å². The van der Waals surface area contributed by atoms with Gasteiger partial charge < -0.3 is 19.6 Å². The number of benzene rings is 2. The SMILES string of the molecule is CCCC[C@@H](NC(=O)COc1ccc2c(c1)oc(=O)c1ccccc12)C(=O)O. The van der Waals surface area contributed by atoms with Crippen molar-refractivity contribution in [2.24, 2.45) is 0 Å². The lowest BCUT2D eigenvalue weighted by molar-refractivity contribution is -0.142.